The molecule has 0 bridgehead atoms. The van der Waals surface area contributed by atoms with Gasteiger partial charge in [0.15, 0.2) is 6.61 Å². The van der Waals surface area contributed by atoms with Crippen molar-refractivity contribution in [1.29, 1.82) is 0 Å². The average molecular weight is 400 g/mol. The minimum Gasteiger partial charge on any atom is -0.487 e. The summed E-state index contributed by atoms with van der Waals surface area (Å²) in [6.45, 7) is 2.28. The van der Waals surface area contributed by atoms with Gasteiger partial charge in [0.1, 0.15) is 18.1 Å². The number of hydrogen-bond donors (Lipinski definition) is 0. The molecule has 0 spiro atoms. The van der Waals surface area contributed by atoms with Crippen molar-refractivity contribution in [2.24, 2.45) is 0 Å². The summed E-state index contributed by atoms with van der Waals surface area (Å²) in [6, 6.07) is 10.1. The number of furan rings is 1. The van der Waals surface area contributed by atoms with Crippen LogP contribution in [0.5, 0.6) is 5.75 Å². The Bertz CT molecular complexity index is 918. The summed E-state index contributed by atoms with van der Waals surface area (Å²) in [5.74, 6) is 0.395. The number of likely N-dealkylation sites (N-methyl/N-ethyl adjacent to an activating group) is 1. The van der Waals surface area contributed by atoms with E-state index in [0.29, 0.717) is 30.2 Å². The van der Waals surface area contributed by atoms with E-state index in [-0.39, 0.29) is 12.5 Å². The van der Waals surface area contributed by atoms with Crippen molar-refractivity contribution in [2.75, 3.05) is 13.7 Å². The van der Waals surface area contributed by atoms with Crippen LogP contribution in [0, 0.1) is 6.92 Å². The molecule has 0 N–H and O–H groups in total. The van der Waals surface area contributed by atoms with Crippen LogP contribution in [0.1, 0.15) is 26.8 Å². The van der Waals surface area contributed by atoms with Gasteiger partial charge in [-0.3, -0.25) is 4.79 Å². The van der Waals surface area contributed by atoms with E-state index in [1.165, 1.54) is 4.90 Å². The van der Waals surface area contributed by atoms with E-state index in [1.807, 2.05) is 12.3 Å². The SMILES string of the molecule is Cc1nc(COc2ccc(C(=O)OCC(=O)N(C)Cc3ccco3)cc2)cs1. The lowest BCUT2D eigenvalue weighted by Gasteiger charge is -2.15. The van der Waals surface area contributed by atoms with E-state index in [1.54, 1.807) is 61.0 Å². The average Bonchev–Trinajstić information content (AvgIpc) is 3.36. The van der Waals surface area contributed by atoms with Crippen molar-refractivity contribution < 1.29 is 23.5 Å². The molecule has 0 aliphatic carbocycles. The molecule has 3 rings (SSSR count). The molecule has 0 fully saturated rings. The zero-order chi connectivity index (χ0) is 19.9. The first-order valence-corrected chi connectivity index (χ1v) is 9.46. The summed E-state index contributed by atoms with van der Waals surface area (Å²) in [6.07, 6.45) is 1.54. The normalized spacial score (nSPS) is 10.5. The molecule has 3 aromatic rings. The third-order valence-electron chi connectivity index (χ3n) is 3.87. The Kier molecular flexibility index (Phi) is 6.44. The van der Waals surface area contributed by atoms with Gasteiger partial charge in [-0.05, 0) is 43.3 Å². The van der Waals surface area contributed by atoms with Crippen LogP contribution in [0.2, 0.25) is 0 Å². The minimum atomic E-state index is -0.568. The number of nitrogens with zero attached hydrogens (tertiary/aromatic N) is 2. The second kappa shape index (κ2) is 9.18. The molecule has 146 valence electrons. The summed E-state index contributed by atoms with van der Waals surface area (Å²) in [7, 11) is 1.62. The van der Waals surface area contributed by atoms with E-state index in [4.69, 9.17) is 13.9 Å². The number of rotatable bonds is 8. The van der Waals surface area contributed by atoms with Gasteiger partial charge in [0.05, 0.1) is 29.1 Å². The van der Waals surface area contributed by atoms with Crippen molar-refractivity contribution in [3.63, 3.8) is 0 Å². The molecule has 0 aliphatic rings. The van der Waals surface area contributed by atoms with E-state index in [0.717, 1.165) is 10.7 Å². The summed E-state index contributed by atoms with van der Waals surface area (Å²) < 4.78 is 15.9. The van der Waals surface area contributed by atoms with Crippen LogP contribution < -0.4 is 4.74 Å². The number of hydrogen-bond acceptors (Lipinski definition) is 7. The number of amides is 1. The van der Waals surface area contributed by atoms with Gasteiger partial charge < -0.3 is 18.8 Å². The van der Waals surface area contributed by atoms with Crippen LogP contribution in [-0.4, -0.2) is 35.4 Å². The van der Waals surface area contributed by atoms with E-state index < -0.39 is 5.97 Å². The Morgan fingerprint density at radius 2 is 2.00 bits per heavy atom. The number of benzene rings is 1. The molecule has 0 aliphatic heterocycles. The van der Waals surface area contributed by atoms with Crippen LogP contribution in [-0.2, 0) is 22.7 Å². The topological polar surface area (TPSA) is 81.9 Å². The summed E-state index contributed by atoms with van der Waals surface area (Å²) >= 11 is 1.57. The van der Waals surface area contributed by atoms with Crippen LogP contribution >= 0.6 is 11.3 Å². The highest BCUT2D eigenvalue weighted by molar-refractivity contribution is 7.09. The molecule has 28 heavy (non-hydrogen) atoms. The smallest absolute Gasteiger partial charge is 0.338 e. The fourth-order valence-corrected chi connectivity index (χ4v) is 2.96. The second-order valence-corrected chi connectivity index (χ2v) is 7.14. The molecule has 8 heteroatoms. The van der Waals surface area contributed by atoms with Crippen LogP contribution in [0.3, 0.4) is 0 Å². The number of aromatic nitrogens is 1. The molecule has 1 amide bonds. The molecule has 1 aromatic carbocycles. The zero-order valence-corrected chi connectivity index (χ0v) is 16.4. The van der Waals surface area contributed by atoms with E-state index >= 15 is 0 Å². The standard InChI is InChI=1S/C20H20N2O5S/c1-14-21-16(13-28-14)11-26-17-7-5-15(6-8-17)20(24)27-12-19(23)22(2)10-18-4-3-9-25-18/h3-9,13H,10-12H2,1-2H3. The highest BCUT2D eigenvalue weighted by Gasteiger charge is 2.15. The van der Waals surface area contributed by atoms with Gasteiger partial charge >= 0.3 is 5.97 Å². The Balaban J connectivity index is 1.45. The first-order chi connectivity index (χ1) is 13.5. The summed E-state index contributed by atoms with van der Waals surface area (Å²) in [5.41, 5.74) is 1.21. The molecule has 0 atom stereocenters. The molecular formula is C20H20N2O5S. The number of esters is 1. The van der Waals surface area contributed by atoms with Crippen molar-refractivity contribution in [3.05, 3.63) is 70.1 Å². The third kappa shape index (κ3) is 5.43. The number of ether oxygens (including phenoxy) is 2. The van der Waals surface area contributed by atoms with Gasteiger partial charge in [-0.15, -0.1) is 11.3 Å². The van der Waals surface area contributed by atoms with Gasteiger partial charge in [0, 0.05) is 12.4 Å². The van der Waals surface area contributed by atoms with Crippen LogP contribution in [0.15, 0.2) is 52.5 Å². The maximum atomic E-state index is 12.1. The lowest BCUT2D eigenvalue weighted by Crippen LogP contribution is -2.30. The lowest BCUT2D eigenvalue weighted by atomic mass is 10.2. The second-order valence-electron chi connectivity index (χ2n) is 6.08. The quantitative estimate of drug-likeness (QED) is 0.539. The Morgan fingerprint density at radius 1 is 1.21 bits per heavy atom. The van der Waals surface area contributed by atoms with Gasteiger partial charge in [-0.25, -0.2) is 9.78 Å². The minimum absolute atomic E-state index is 0.313. The third-order valence-corrected chi connectivity index (χ3v) is 4.69. The Labute approximate surface area is 166 Å². The molecule has 0 radical (unpaired) electrons. The molecule has 2 heterocycles. The largest absolute Gasteiger partial charge is 0.487 e. The first-order valence-electron chi connectivity index (χ1n) is 8.58. The molecule has 0 unspecified atom stereocenters. The lowest BCUT2D eigenvalue weighted by molar-refractivity contribution is -0.133. The highest BCUT2D eigenvalue weighted by atomic mass is 32.1. The van der Waals surface area contributed by atoms with Crippen molar-refractivity contribution in [1.82, 2.24) is 9.88 Å². The fourth-order valence-electron chi connectivity index (χ4n) is 2.36. The van der Waals surface area contributed by atoms with Crippen LogP contribution in [0.4, 0.5) is 0 Å². The molecule has 2 aromatic heterocycles. The molecule has 7 nitrogen and oxygen atoms in total. The molecular weight excluding hydrogens is 380 g/mol. The van der Waals surface area contributed by atoms with Gasteiger partial charge in [0.2, 0.25) is 0 Å². The van der Waals surface area contributed by atoms with Gasteiger partial charge in [-0.1, -0.05) is 0 Å². The summed E-state index contributed by atoms with van der Waals surface area (Å²) in [5, 5.41) is 2.93. The Morgan fingerprint density at radius 3 is 2.64 bits per heavy atom. The molecule has 0 saturated heterocycles. The number of aryl methyl sites for hydroxylation is 1. The number of thiazole rings is 1. The maximum absolute atomic E-state index is 12.1. The van der Waals surface area contributed by atoms with E-state index in [9.17, 15) is 9.59 Å². The zero-order valence-electron chi connectivity index (χ0n) is 15.6. The monoisotopic (exact) mass is 400 g/mol. The molecule has 0 saturated carbocycles. The van der Waals surface area contributed by atoms with Crippen LogP contribution in [0.25, 0.3) is 0 Å². The number of carbonyl (C=O) groups is 2. The van der Waals surface area contributed by atoms with Crippen molar-refractivity contribution >= 4 is 23.2 Å². The summed E-state index contributed by atoms with van der Waals surface area (Å²) in [4.78, 5) is 29.9. The highest BCUT2D eigenvalue weighted by Crippen LogP contribution is 2.16. The number of carbonyl (C=O) groups excluding carboxylic acids is 2. The Hall–Kier alpha value is -3.13. The maximum Gasteiger partial charge on any atom is 0.338 e. The predicted molar refractivity (Wildman–Crippen MR) is 103 cm³/mol. The van der Waals surface area contributed by atoms with Crippen molar-refractivity contribution in [3.8, 4) is 5.75 Å². The van der Waals surface area contributed by atoms with Gasteiger partial charge in [-0.2, -0.15) is 0 Å². The first kappa shape index (κ1) is 19.6. The predicted octanol–water partition coefficient (Wildman–Crippen LogP) is 3.44. The van der Waals surface area contributed by atoms with Crippen molar-refractivity contribution in [2.45, 2.75) is 20.1 Å². The fraction of sp³-hybridized carbons (Fsp3) is 0.250. The van der Waals surface area contributed by atoms with Gasteiger partial charge in [0.25, 0.3) is 5.91 Å². The van der Waals surface area contributed by atoms with E-state index in [2.05, 4.69) is 4.98 Å².